The van der Waals surface area contributed by atoms with Crippen LogP contribution in [-0.2, 0) is 13.1 Å². The summed E-state index contributed by atoms with van der Waals surface area (Å²) in [6, 6.07) is 10.0. The van der Waals surface area contributed by atoms with Gasteiger partial charge in [-0.2, -0.15) is 5.10 Å². The Balaban J connectivity index is 0.00000162. The third kappa shape index (κ3) is 4.36. The smallest absolute Gasteiger partial charge is 0.186 e. The maximum Gasteiger partial charge on any atom is 0.186 e. The first-order valence-electron chi connectivity index (χ1n) is 5.34. The summed E-state index contributed by atoms with van der Waals surface area (Å²) >= 11 is 0. The fourth-order valence-corrected chi connectivity index (χ4v) is 1.59. The van der Waals surface area contributed by atoms with Gasteiger partial charge in [0.05, 0.1) is 13.1 Å². The summed E-state index contributed by atoms with van der Waals surface area (Å²) in [5, 5.41) is 4.16. The van der Waals surface area contributed by atoms with Crippen LogP contribution in [0.2, 0.25) is 0 Å². The Kier molecular flexibility index (Phi) is 5.63. The topological polar surface area (TPSA) is 82.2 Å². The predicted octanol–water partition coefficient (Wildman–Crippen LogP) is 1.32. The summed E-state index contributed by atoms with van der Waals surface area (Å²) in [4.78, 5) is 3.98. The molecule has 2 aromatic rings. The van der Waals surface area contributed by atoms with Crippen molar-refractivity contribution in [3.8, 4) is 0 Å². The lowest BCUT2D eigenvalue weighted by Crippen LogP contribution is -2.22. The highest BCUT2D eigenvalue weighted by molar-refractivity contribution is 14.0. The first-order chi connectivity index (χ1) is 8.24. The maximum atomic E-state index is 5.30. The van der Waals surface area contributed by atoms with E-state index in [1.165, 1.54) is 5.56 Å². The number of benzene rings is 1. The van der Waals surface area contributed by atoms with Crippen LogP contribution in [0, 0.1) is 0 Å². The largest absolute Gasteiger partial charge is 0.370 e. The molecule has 0 amide bonds. The van der Waals surface area contributed by atoms with E-state index in [9.17, 15) is 0 Å². The van der Waals surface area contributed by atoms with E-state index in [2.05, 4.69) is 22.2 Å². The first-order valence-corrected chi connectivity index (χ1v) is 5.34. The van der Waals surface area contributed by atoms with Gasteiger partial charge in [-0.05, 0) is 17.2 Å². The van der Waals surface area contributed by atoms with Crippen LogP contribution >= 0.6 is 24.0 Å². The second-order valence-electron chi connectivity index (χ2n) is 3.76. The molecule has 0 fully saturated rings. The van der Waals surface area contributed by atoms with Crippen molar-refractivity contribution in [1.82, 2.24) is 9.78 Å². The van der Waals surface area contributed by atoms with Crippen molar-refractivity contribution in [1.29, 1.82) is 0 Å². The van der Waals surface area contributed by atoms with E-state index in [0.717, 1.165) is 12.1 Å². The number of nitrogens with two attached hydrogens (primary N) is 2. The SMILES string of the molecule is I.NC(N)=NCc1cccc(Cn2cccn2)c1. The van der Waals surface area contributed by atoms with Crippen molar-refractivity contribution in [2.75, 3.05) is 0 Å². The molecule has 1 aromatic carbocycles. The van der Waals surface area contributed by atoms with Gasteiger partial charge in [0.15, 0.2) is 5.96 Å². The van der Waals surface area contributed by atoms with Gasteiger partial charge < -0.3 is 11.5 Å². The zero-order valence-electron chi connectivity index (χ0n) is 9.86. The van der Waals surface area contributed by atoms with Crippen molar-refractivity contribution in [2.24, 2.45) is 16.5 Å². The third-order valence-electron chi connectivity index (χ3n) is 2.34. The Labute approximate surface area is 123 Å². The van der Waals surface area contributed by atoms with Crippen molar-refractivity contribution in [3.63, 3.8) is 0 Å². The van der Waals surface area contributed by atoms with Gasteiger partial charge in [0, 0.05) is 12.4 Å². The molecule has 0 aliphatic carbocycles. The summed E-state index contributed by atoms with van der Waals surface area (Å²) in [6.07, 6.45) is 3.70. The summed E-state index contributed by atoms with van der Waals surface area (Å²) in [6.45, 7) is 1.26. The van der Waals surface area contributed by atoms with E-state index in [1.807, 2.05) is 29.1 Å². The number of nitrogens with zero attached hydrogens (tertiary/aromatic N) is 3. The fraction of sp³-hybridized carbons (Fsp3) is 0.167. The number of hydrogen-bond acceptors (Lipinski definition) is 2. The van der Waals surface area contributed by atoms with Gasteiger partial charge in [-0.3, -0.25) is 4.68 Å². The molecule has 5 nitrogen and oxygen atoms in total. The zero-order valence-corrected chi connectivity index (χ0v) is 12.2. The van der Waals surface area contributed by atoms with Crippen LogP contribution in [0.1, 0.15) is 11.1 Å². The van der Waals surface area contributed by atoms with E-state index < -0.39 is 0 Å². The Morgan fingerprint density at radius 2 is 2.00 bits per heavy atom. The van der Waals surface area contributed by atoms with Crippen LogP contribution in [0.4, 0.5) is 0 Å². The second kappa shape index (κ2) is 7.00. The molecule has 0 saturated carbocycles. The summed E-state index contributed by atoms with van der Waals surface area (Å²) in [7, 11) is 0. The molecule has 0 aliphatic heterocycles. The highest BCUT2D eigenvalue weighted by atomic mass is 127. The molecule has 0 radical (unpaired) electrons. The van der Waals surface area contributed by atoms with Crippen LogP contribution in [0.3, 0.4) is 0 Å². The molecule has 6 heteroatoms. The molecule has 2 rings (SSSR count). The van der Waals surface area contributed by atoms with Crippen LogP contribution in [-0.4, -0.2) is 15.7 Å². The number of hydrogen-bond donors (Lipinski definition) is 2. The minimum atomic E-state index is 0. The lowest BCUT2D eigenvalue weighted by atomic mass is 10.1. The Morgan fingerprint density at radius 3 is 2.67 bits per heavy atom. The second-order valence-corrected chi connectivity index (χ2v) is 3.76. The third-order valence-corrected chi connectivity index (χ3v) is 2.34. The Hall–Kier alpha value is -1.57. The molecule has 0 unspecified atom stereocenters. The monoisotopic (exact) mass is 357 g/mol. The number of guanidine groups is 1. The van der Waals surface area contributed by atoms with E-state index in [0.29, 0.717) is 6.54 Å². The van der Waals surface area contributed by atoms with Crippen molar-refractivity contribution in [3.05, 3.63) is 53.9 Å². The van der Waals surface area contributed by atoms with Gasteiger partial charge in [0.2, 0.25) is 0 Å². The molecule has 18 heavy (non-hydrogen) atoms. The van der Waals surface area contributed by atoms with Crippen LogP contribution in [0.5, 0.6) is 0 Å². The quantitative estimate of drug-likeness (QED) is 0.492. The van der Waals surface area contributed by atoms with Gasteiger partial charge in [0.25, 0.3) is 0 Å². The summed E-state index contributed by atoms with van der Waals surface area (Å²) in [5.74, 6) is 0.113. The number of rotatable bonds is 4. The number of aromatic nitrogens is 2. The van der Waals surface area contributed by atoms with Gasteiger partial charge >= 0.3 is 0 Å². The van der Waals surface area contributed by atoms with Gasteiger partial charge in [-0.15, -0.1) is 24.0 Å². The van der Waals surface area contributed by atoms with Crippen LogP contribution < -0.4 is 11.5 Å². The Morgan fingerprint density at radius 1 is 1.22 bits per heavy atom. The molecular weight excluding hydrogens is 341 g/mol. The lowest BCUT2D eigenvalue weighted by Gasteiger charge is -2.04. The molecule has 0 bridgehead atoms. The number of aliphatic imine (C=N–C) groups is 1. The maximum absolute atomic E-state index is 5.30. The summed E-state index contributed by atoms with van der Waals surface area (Å²) < 4.78 is 1.87. The van der Waals surface area contributed by atoms with Gasteiger partial charge in [-0.25, -0.2) is 4.99 Å². The minimum absolute atomic E-state index is 0. The number of halogens is 1. The van der Waals surface area contributed by atoms with E-state index in [-0.39, 0.29) is 29.9 Å². The molecular formula is C12H16IN5. The predicted molar refractivity (Wildman–Crippen MR) is 82.7 cm³/mol. The molecule has 0 spiro atoms. The fourth-order valence-electron chi connectivity index (χ4n) is 1.59. The average Bonchev–Trinajstić information content (AvgIpc) is 2.80. The standard InChI is InChI=1S/C12H15N5.HI/c13-12(14)15-8-10-3-1-4-11(7-10)9-17-6-2-5-16-17;/h1-7H,8-9H2,(H4,13,14,15);1H. The summed E-state index contributed by atoms with van der Waals surface area (Å²) in [5.41, 5.74) is 12.9. The first kappa shape index (κ1) is 14.5. The van der Waals surface area contributed by atoms with E-state index in [1.54, 1.807) is 6.20 Å². The Bertz CT molecular complexity index is 503. The van der Waals surface area contributed by atoms with Crippen LogP contribution in [0.25, 0.3) is 0 Å². The molecule has 0 aliphatic rings. The zero-order chi connectivity index (χ0) is 12.1. The van der Waals surface area contributed by atoms with Gasteiger partial charge in [0.1, 0.15) is 0 Å². The van der Waals surface area contributed by atoms with E-state index >= 15 is 0 Å². The molecule has 0 atom stereocenters. The normalized spacial score (nSPS) is 9.56. The van der Waals surface area contributed by atoms with Crippen molar-refractivity contribution in [2.45, 2.75) is 13.1 Å². The molecule has 96 valence electrons. The van der Waals surface area contributed by atoms with E-state index in [4.69, 9.17) is 11.5 Å². The molecule has 1 heterocycles. The lowest BCUT2D eigenvalue weighted by molar-refractivity contribution is 0.686. The molecule has 4 N–H and O–H groups in total. The van der Waals surface area contributed by atoms with Gasteiger partial charge in [-0.1, -0.05) is 24.3 Å². The highest BCUT2D eigenvalue weighted by Crippen LogP contribution is 2.08. The minimum Gasteiger partial charge on any atom is -0.370 e. The molecule has 1 aromatic heterocycles. The van der Waals surface area contributed by atoms with Crippen molar-refractivity contribution >= 4 is 29.9 Å². The average molecular weight is 357 g/mol. The van der Waals surface area contributed by atoms with Crippen molar-refractivity contribution < 1.29 is 0 Å². The van der Waals surface area contributed by atoms with Crippen LogP contribution in [0.15, 0.2) is 47.7 Å². The molecule has 0 saturated heterocycles. The highest BCUT2D eigenvalue weighted by Gasteiger charge is 1.97.